The minimum atomic E-state index is -5.42. The van der Waals surface area contributed by atoms with Gasteiger partial charge >= 0.3 is 12.4 Å². The van der Waals surface area contributed by atoms with Crippen molar-refractivity contribution in [2.75, 3.05) is 0 Å². The fourth-order valence-corrected chi connectivity index (χ4v) is 3.46. The van der Waals surface area contributed by atoms with E-state index in [0.29, 0.717) is 0 Å². The van der Waals surface area contributed by atoms with Crippen LogP contribution in [-0.4, -0.2) is 28.2 Å². The fraction of sp³-hybridized carbons (Fsp3) is 0.154. The van der Waals surface area contributed by atoms with Crippen molar-refractivity contribution in [3.05, 3.63) is 89.8 Å². The summed E-state index contributed by atoms with van der Waals surface area (Å²) in [6.45, 7) is 4.20. The Bertz CT molecular complexity index is 1410. The van der Waals surface area contributed by atoms with E-state index in [-0.39, 0.29) is 20.1 Å². The van der Waals surface area contributed by atoms with Crippen LogP contribution < -0.4 is 0 Å². The molecule has 191 valence electrons. The number of carbonyl (C=O) groups excluding carboxylic acids is 1. The Balaban J connectivity index is 0.000000285. The summed E-state index contributed by atoms with van der Waals surface area (Å²) in [5, 5.41) is 12.9. The third-order valence-corrected chi connectivity index (χ3v) is 4.91. The molecule has 0 atom stereocenters. The van der Waals surface area contributed by atoms with Crippen LogP contribution in [0.4, 0.5) is 26.3 Å². The number of aliphatic hydroxyl groups is 1. The number of aliphatic hydroxyl groups excluding tert-OH is 1. The number of aromatic nitrogens is 1. The Morgan fingerprint density at radius 3 is 2.17 bits per heavy atom. The average Bonchev–Trinajstić information content (AvgIpc) is 2.77. The van der Waals surface area contributed by atoms with E-state index < -0.39 is 30.0 Å². The van der Waals surface area contributed by atoms with E-state index in [9.17, 15) is 31.1 Å². The van der Waals surface area contributed by atoms with E-state index in [1.54, 1.807) is 0 Å². The smallest absolute Gasteiger partial charge is 0.454 e. The van der Waals surface area contributed by atoms with Gasteiger partial charge in [0.25, 0.3) is 5.78 Å². The van der Waals surface area contributed by atoms with Gasteiger partial charge in [0.15, 0.2) is 0 Å². The van der Waals surface area contributed by atoms with E-state index in [0.717, 1.165) is 16.8 Å². The van der Waals surface area contributed by atoms with Crippen molar-refractivity contribution < 1.29 is 56.3 Å². The van der Waals surface area contributed by atoms with E-state index >= 15 is 0 Å². The summed E-state index contributed by atoms with van der Waals surface area (Å²) in [5.74, 6) is -5.34. The van der Waals surface area contributed by atoms with Gasteiger partial charge in [-0.2, -0.15) is 26.3 Å². The number of benzene rings is 3. The second-order valence-electron chi connectivity index (χ2n) is 7.69. The second-order valence-corrected chi connectivity index (χ2v) is 7.69. The first kappa shape index (κ1) is 29.0. The van der Waals surface area contributed by atoms with Crippen LogP contribution in [0.15, 0.2) is 72.6 Å². The molecule has 1 radical (unpaired) electrons. The van der Waals surface area contributed by atoms with Crippen LogP contribution in [0.25, 0.3) is 32.8 Å². The molecule has 4 aromatic rings. The van der Waals surface area contributed by atoms with Gasteiger partial charge in [-0.05, 0) is 33.3 Å². The number of fused-ring (bicyclic) bond motifs is 3. The largest absolute Gasteiger partial charge is 0.504 e. The zero-order valence-electron chi connectivity index (χ0n) is 18.8. The molecule has 0 fully saturated rings. The van der Waals surface area contributed by atoms with Crippen molar-refractivity contribution in [1.82, 2.24) is 4.98 Å². The molecule has 0 unspecified atom stereocenters. The number of nitrogens with zero attached hydrogens (tertiary/aromatic N) is 1. The predicted octanol–water partition coefficient (Wildman–Crippen LogP) is 7.59. The van der Waals surface area contributed by atoms with Crippen molar-refractivity contribution in [1.29, 1.82) is 0 Å². The number of carbonyl (C=O) groups is 1. The van der Waals surface area contributed by atoms with Crippen molar-refractivity contribution in [2.45, 2.75) is 26.2 Å². The number of hydrogen-bond acceptors (Lipinski definition) is 3. The summed E-state index contributed by atoms with van der Waals surface area (Å²) in [6, 6.07) is 22.7. The van der Waals surface area contributed by atoms with E-state index in [1.807, 2.05) is 6.20 Å². The quantitative estimate of drug-likeness (QED) is 0.0780. The maximum absolute atomic E-state index is 11.4. The van der Waals surface area contributed by atoms with Crippen molar-refractivity contribution in [3.8, 4) is 11.3 Å². The molecule has 3 nitrogen and oxygen atoms in total. The summed E-state index contributed by atoms with van der Waals surface area (Å²) >= 11 is 0. The molecule has 0 aliphatic heterocycles. The number of allylic oxidation sites excluding steroid dienone is 2. The molecule has 1 aromatic heterocycles. The van der Waals surface area contributed by atoms with Gasteiger partial charge in [-0.3, -0.25) is 4.79 Å². The number of ketones is 1. The van der Waals surface area contributed by atoms with Gasteiger partial charge in [0, 0.05) is 32.4 Å². The Morgan fingerprint density at radius 2 is 1.56 bits per heavy atom. The van der Waals surface area contributed by atoms with Crippen molar-refractivity contribution >= 4 is 27.3 Å². The molecule has 3 aromatic carbocycles. The first-order valence-electron chi connectivity index (χ1n) is 10.1. The van der Waals surface area contributed by atoms with Crippen molar-refractivity contribution in [3.63, 3.8) is 0 Å². The Morgan fingerprint density at radius 1 is 0.889 bits per heavy atom. The molecular weight excluding hydrogens is 664 g/mol. The van der Waals surface area contributed by atoms with Gasteiger partial charge in [-0.15, -0.1) is 34.9 Å². The molecule has 0 amide bonds. The molecule has 0 saturated heterocycles. The minimum Gasteiger partial charge on any atom is -0.504 e. The molecule has 0 saturated carbocycles. The monoisotopic (exact) mass is 683 g/mol. The number of alkyl halides is 6. The normalized spacial score (nSPS) is 12.1. The Labute approximate surface area is 215 Å². The molecular formula is C26H18F6IrNO2-. The summed E-state index contributed by atoms with van der Waals surface area (Å²) in [4.78, 5) is 14.5. The number of rotatable bonds is 2. The standard InChI is InChI=1S/C21H16N.C5H2F6O2.Ir/c1-14-11-15(2)13-17(12-14)21-20-8-7-16-5-3-4-6-18(16)19(20)9-10-22-21;6-4(7,8)2(12)1-3(13)5(9,10)11;/h3-12H,1-2H3;1,12H;/q-1;;/b;2-1-;. The van der Waals surface area contributed by atoms with Crippen LogP contribution in [0.3, 0.4) is 0 Å². The zero-order valence-corrected chi connectivity index (χ0v) is 21.1. The maximum atomic E-state index is 11.4. The first-order chi connectivity index (χ1) is 16.3. The Hall–Kier alpha value is -3.23. The van der Waals surface area contributed by atoms with Crippen LogP contribution >= 0.6 is 0 Å². The van der Waals surface area contributed by atoms with Gasteiger partial charge in [-0.1, -0.05) is 50.2 Å². The summed E-state index contributed by atoms with van der Waals surface area (Å²) in [5.41, 5.74) is 4.47. The van der Waals surface area contributed by atoms with E-state index in [2.05, 4.69) is 79.5 Å². The van der Waals surface area contributed by atoms with Crippen molar-refractivity contribution in [2.24, 2.45) is 0 Å². The van der Waals surface area contributed by atoms with Gasteiger partial charge in [0.05, 0.1) is 0 Å². The molecule has 36 heavy (non-hydrogen) atoms. The SMILES string of the molecule is Cc1[c-]c(-c2nccc3c2ccc2ccccc23)cc(C)c1.O=C(/C=C(\O)C(F)(F)F)C(F)(F)F.[Ir]. The number of aryl methyl sites for hydroxylation is 2. The predicted molar refractivity (Wildman–Crippen MR) is 121 cm³/mol. The zero-order chi connectivity index (χ0) is 26.0. The van der Waals surface area contributed by atoms with E-state index in [1.165, 1.54) is 27.1 Å². The summed E-state index contributed by atoms with van der Waals surface area (Å²) in [7, 11) is 0. The molecule has 10 heteroatoms. The van der Waals surface area contributed by atoms with Gasteiger partial charge in [0.2, 0.25) is 5.76 Å². The van der Waals surface area contributed by atoms with E-state index in [4.69, 9.17) is 5.11 Å². The molecule has 1 heterocycles. The second kappa shape index (κ2) is 11.2. The number of hydrogen-bond donors (Lipinski definition) is 1. The molecule has 0 aliphatic rings. The number of halogens is 6. The van der Waals surface area contributed by atoms with Crippen LogP contribution in [0.1, 0.15) is 11.1 Å². The van der Waals surface area contributed by atoms with Crippen LogP contribution in [0.2, 0.25) is 0 Å². The first-order valence-corrected chi connectivity index (χ1v) is 10.1. The van der Waals surface area contributed by atoms with Gasteiger partial charge < -0.3 is 10.1 Å². The molecule has 0 bridgehead atoms. The molecule has 1 N–H and O–H groups in total. The maximum Gasteiger partial charge on any atom is 0.454 e. The van der Waals surface area contributed by atoms with Gasteiger partial charge in [-0.25, -0.2) is 0 Å². The van der Waals surface area contributed by atoms with Crippen LogP contribution in [-0.2, 0) is 24.9 Å². The summed E-state index contributed by atoms with van der Waals surface area (Å²) in [6.07, 6.45) is -9.78. The van der Waals surface area contributed by atoms with Gasteiger partial charge in [0.1, 0.15) is 0 Å². The molecule has 4 rings (SSSR count). The average molecular weight is 683 g/mol. The molecule has 0 aliphatic carbocycles. The Kier molecular flexibility index (Phi) is 9.04. The van der Waals surface area contributed by atoms with Crippen LogP contribution in [0, 0.1) is 19.9 Å². The third kappa shape index (κ3) is 6.92. The summed E-state index contributed by atoms with van der Waals surface area (Å²) < 4.78 is 68.1. The minimum absolute atomic E-state index is 0. The topological polar surface area (TPSA) is 50.2 Å². The fourth-order valence-electron chi connectivity index (χ4n) is 3.46. The van der Waals surface area contributed by atoms with Crippen LogP contribution in [0.5, 0.6) is 0 Å². The third-order valence-electron chi connectivity index (χ3n) is 4.91. The number of pyridine rings is 1. The molecule has 0 spiro atoms.